The second kappa shape index (κ2) is 7.15. The van der Waals surface area contributed by atoms with Gasteiger partial charge in [-0.1, -0.05) is 0 Å². The van der Waals surface area contributed by atoms with Crippen LogP contribution in [0.5, 0.6) is 0 Å². The summed E-state index contributed by atoms with van der Waals surface area (Å²) in [6, 6.07) is 3.25. The predicted molar refractivity (Wildman–Crippen MR) is 78.1 cm³/mol. The van der Waals surface area contributed by atoms with Crippen LogP contribution in [0.2, 0.25) is 0 Å². The lowest BCUT2D eigenvalue weighted by Gasteiger charge is -2.17. The molecule has 0 radical (unpaired) electrons. The maximum absolute atomic E-state index is 13.7. The van der Waals surface area contributed by atoms with Crippen LogP contribution in [0.1, 0.15) is 26.2 Å². The highest BCUT2D eigenvalue weighted by Crippen LogP contribution is 2.24. The van der Waals surface area contributed by atoms with Gasteiger partial charge in [-0.3, -0.25) is 4.79 Å². The Balaban J connectivity index is 2.04. The smallest absolute Gasteiger partial charge is 0.223 e. The van der Waals surface area contributed by atoms with Crippen molar-refractivity contribution in [3.8, 4) is 11.3 Å². The normalized spacial score (nSPS) is 10.7. The average Bonchev–Trinajstić information content (AvgIpc) is 2.95. The van der Waals surface area contributed by atoms with Gasteiger partial charge in [-0.05, 0) is 26.0 Å². The van der Waals surface area contributed by atoms with Gasteiger partial charge in [-0.2, -0.15) is 0 Å². The van der Waals surface area contributed by atoms with Crippen LogP contribution in [0.15, 0.2) is 28.8 Å². The zero-order valence-electron chi connectivity index (χ0n) is 12.6. The Bertz CT molecular complexity index is 651. The number of halogens is 2. The fraction of sp³-hybridized carbons (Fsp3) is 0.375. The fourth-order valence-electron chi connectivity index (χ4n) is 2.19. The molecule has 0 aliphatic heterocycles. The molecule has 0 saturated carbocycles. The van der Waals surface area contributed by atoms with E-state index in [2.05, 4.69) is 4.98 Å². The molecule has 0 fully saturated rings. The molecule has 1 aromatic carbocycles. The fourth-order valence-corrected chi connectivity index (χ4v) is 2.19. The number of aryl methyl sites for hydroxylation is 1. The summed E-state index contributed by atoms with van der Waals surface area (Å²) in [4.78, 5) is 17.7. The highest BCUT2D eigenvalue weighted by molar-refractivity contribution is 5.76. The van der Waals surface area contributed by atoms with E-state index in [1.807, 2.05) is 13.8 Å². The minimum atomic E-state index is -0.707. The molecular weight excluding hydrogens is 290 g/mol. The van der Waals surface area contributed by atoms with Crippen molar-refractivity contribution in [3.63, 3.8) is 0 Å². The number of oxazole rings is 1. The quantitative estimate of drug-likeness (QED) is 0.821. The van der Waals surface area contributed by atoms with Gasteiger partial charge in [0.1, 0.15) is 11.6 Å². The lowest BCUT2D eigenvalue weighted by molar-refractivity contribution is -0.130. The van der Waals surface area contributed by atoms with Crippen molar-refractivity contribution in [3.05, 3.63) is 41.9 Å². The molecule has 22 heavy (non-hydrogen) atoms. The van der Waals surface area contributed by atoms with Gasteiger partial charge in [-0.25, -0.2) is 13.8 Å². The Morgan fingerprint density at radius 3 is 2.64 bits per heavy atom. The van der Waals surface area contributed by atoms with Gasteiger partial charge < -0.3 is 9.32 Å². The predicted octanol–water partition coefficient (Wildman–Crippen LogP) is 3.42. The topological polar surface area (TPSA) is 46.3 Å². The minimum Gasteiger partial charge on any atom is -0.441 e. The first-order chi connectivity index (χ1) is 10.5. The first-order valence-electron chi connectivity index (χ1n) is 7.23. The van der Waals surface area contributed by atoms with E-state index < -0.39 is 11.6 Å². The lowest BCUT2D eigenvalue weighted by Crippen LogP contribution is -2.30. The first kappa shape index (κ1) is 16.1. The number of amides is 1. The van der Waals surface area contributed by atoms with Crippen molar-refractivity contribution in [1.29, 1.82) is 0 Å². The summed E-state index contributed by atoms with van der Waals surface area (Å²) in [5, 5.41) is 0. The van der Waals surface area contributed by atoms with Crippen LogP contribution in [0.25, 0.3) is 11.3 Å². The molecule has 1 aromatic heterocycles. The number of hydrogen-bond acceptors (Lipinski definition) is 3. The van der Waals surface area contributed by atoms with E-state index in [4.69, 9.17) is 4.42 Å². The van der Waals surface area contributed by atoms with Gasteiger partial charge in [0.25, 0.3) is 0 Å². The summed E-state index contributed by atoms with van der Waals surface area (Å²) >= 11 is 0. The number of carbonyl (C=O) groups excluding carboxylic acids is 1. The molecule has 0 N–H and O–H groups in total. The van der Waals surface area contributed by atoms with E-state index in [1.165, 1.54) is 12.3 Å². The molecule has 0 saturated heterocycles. The third kappa shape index (κ3) is 3.69. The van der Waals surface area contributed by atoms with E-state index in [9.17, 15) is 13.6 Å². The Labute approximate surface area is 127 Å². The summed E-state index contributed by atoms with van der Waals surface area (Å²) in [5.41, 5.74) is 0.148. The summed E-state index contributed by atoms with van der Waals surface area (Å²) in [5.74, 6) is -0.743. The zero-order valence-corrected chi connectivity index (χ0v) is 12.6. The summed E-state index contributed by atoms with van der Waals surface area (Å²) in [7, 11) is 0. The zero-order chi connectivity index (χ0) is 16.1. The van der Waals surface area contributed by atoms with Crippen molar-refractivity contribution in [2.45, 2.75) is 26.7 Å². The summed E-state index contributed by atoms with van der Waals surface area (Å²) in [6.45, 7) is 5.16. The highest BCUT2D eigenvalue weighted by atomic mass is 19.1. The van der Waals surface area contributed by atoms with Crippen LogP contribution in [0, 0.1) is 11.6 Å². The Morgan fingerprint density at radius 2 is 2.00 bits per heavy atom. The summed E-state index contributed by atoms with van der Waals surface area (Å²) in [6.07, 6.45) is 2.01. The molecule has 2 rings (SSSR count). The molecule has 0 spiro atoms. The van der Waals surface area contributed by atoms with Gasteiger partial charge in [-0.15, -0.1) is 0 Å². The third-order valence-electron chi connectivity index (χ3n) is 3.42. The van der Waals surface area contributed by atoms with Crippen LogP contribution >= 0.6 is 0 Å². The van der Waals surface area contributed by atoms with E-state index in [0.717, 1.165) is 12.1 Å². The van der Waals surface area contributed by atoms with E-state index in [0.29, 0.717) is 25.4 Å². The van der Waals surface area contributed by atoms with Gasteiger partial charge >= 0.3 is 0 Å². The van der Waals surface area contributed by atoms with Crippen molar-refractivity contribution < 1.29 is 18.0 Å². The van der Waals surface area contributed by atoms with Gasteiger partial charge in [0.05, 0.1) is 11.8 Å². The van der Waals surface area contributed by atoms with Crippen molar-refractivity contribution >= 4 is 5.91 Å². The molecule has 2 aromatic rings. The number of aromatic nitrogens is 1. The monoisotopic (exact) mass is 308 g/mol. The maximum Gasteiger partial charge on any atom is 0.223 e. The van der Waals surface area contributed by atoms with E-state index >= 15 is 0 Å². The van der Waals surface area contributed by atoms with Crippen molar-refractivity contribution in [1.82, 2.24) is 9.88 Å². The van der Waals surface area contributed by atoms with Crippen LogP contribution in [-0.4, -0.2) is 28.9 Å². The maximum atomic E-state index is 13.7. The molecule has 1 heterocycles. The molecule has 0 aliphatic rings. The average molecular weight is 308 g/mol. The Morgan fingerprint density at radius 1 is 1.27 bits per heavy atom. The third-order valence-corrected chi connectivity index (χ3v) is 3.42. The molecule has 0 unspecified atom stereocenters. The number of carbonyl (C=O) groups is 1. The standard InChI is InChI=1S/C16H18F2N2O2/c1-3-20(4-2)16(21)8-7-15-19-10-14(22-15)12-6-5-11(17)9-13(12)18/h5-6,9-10H,3-4,7-8H2,1-2H3. The van der Waals surface area contributed by atoms with Crippen molar-refractivity contribution in [2.75, 3.05) is 13.1 Å². The van der Waals surface area contributed by atoms with Gasteiger partial charge in [0, 0.05) is 32.0 Å². The van der Waals surface area contributed by atoms with Gasteiger partial charge in [0.2, 0.25) is 5.91 Å². The molecule has 0 aliphatic carbocycles. The van der Waals surface area contributed by atoms with E-state index in [1.54, 1.807) is 4.90 Å². The van der Waals surface area contributed by atoms with Crippen LogP contribution < -0.4 is 0 Å². The Kier molecular flexibility index (Phi) is 5.25. The van der Waals surface area contributed by atoms with Gasteiger partial charge in [0.15, 0.2) is 11.7 Å². The van der Waals surface area contributed by atoms with E-state index in [-0.39, 0.29) is 23.7 Å². The van der Waals surface area contributed by atoms with Crippen LogP contribution in [0.4, 0.5) is 8.78 Å². The molecule has 4 nitrogen and oxygen atoms in total. The number of benzene rings is 1. The molecule has 0 atom stereocenters. The second-order valence-corrected chi connectivity index (χ2v) is 4.81. The van der Waals surface area contributed by atoms with Crippen LogP contribution in [-0.2, 0) is 11.2 Å². The minimum absolute atomic E-state index is 0.0257. The number of rotatable bonds is 6. The van der Waals surface area contributed by atoms with Crippen molar-refractivity contribution in [2.24, 2.45) is 0 Å². The molecule has 6 heteroatoms. The molecule has 0 bridgehead atoms. The largest absolute Gasteiger partial charge is 0.441 e. The highest BCUT2D eigenvalue weighted by Gasteiger charge is 2.14. The molecular formula is C16H18F2N2O2. The lowest BCUT2D eigenvalue weighted by atomic mass is 10.2. The number of nitrogens with zero attached hydrogens (tertiary/aromatic N) is 2. The summed E-state index contributed by atoms with van der Waals surface area (Å²) < 4.78 is 32.0. The first-order valence-corrected chi connectivity index (χ1v) is 7.23. The SMILES string of the molecule is CCN(CC)C(=O)CCc1ncc(-c2ccc(F)cc2F)o1. The number of hydrogen-bond donors (Lipinski definition) is 0. The second-order valence-electron chi connectivity index (χ2n) is 4.81. The van der Waals surface area contributed by atoms with Crippen LogP contribution in [0.3, 0.4) is 0 Å². The Hall–Kier alpha value is -2.24. The molecule has 1 amide bonds. The molecule has 118 valence electrons.